The highest BCUT2D eigenvalue weighted by atomic mass is 16.2. The molecule has 0 aliphatic carbocycles. The van der Waals surface area contributed by atoms with E-state index in [0.717, 1.165) is 5.56 Å². The number of hydrogen-bond acceptors (Lipinski definition) is 5. The summed E-state index contributed by atoms with van der Waals surface area (Å²) in [5, 5.41) is 25.4. The van der Waals surface area contributed by atoms with E-state index < -0.39 is 0 Å². The van der Waals surface area contributed by atoms with E-state index in [1.165, 1.54) is 6.92 Å². The van der Waals surface area contributed by atoms with Crippen molar-refractivity contribution >= 4 is 17.5 Å². The van der Waals surface area contributed by atoms with E-state index in [2.05, 4.69) is 22.6 Å². The van der Waals surface area contributed by atoms with Crippen LogP contribution in [0, 0.1) is 22.7 Å². The van der Waals surface area contributed by atoms with Crippen molar-refractivity contribution in [3.63, 3.8) is 0 Å². The van der Waals surface area contributed by atoms with Gasteiger partial charge in [-0.05, 0) is 42.0 Å². The molecule has 0 bridgehead atoms. The van der Waals surface area contributed by atoms with E-state index in [9.17, 15) is 9.59 Å². The third kappa shape index (κ3) is 4.00. The molecule has 1 aliphatic rings. The Labute approximate surface area is 178 Å². The fraction of sp³-hybridized carbons (Fsp3) is 0.174. The molecule has 1 N–H and O–H groups in total. The van der Waals surface area contributed by atoms with Crippen molar-refractivity contribution in [3.05, 3.63) is 70.9 Å². The first-order valence-corrected chi connectivity index (χ1v) is 9.67. The second-order valence-electron chi connectivity index (χ2n) is 7.23. The van der Waals surface area contributed by atoms with Crippen molar-refractivity contribution in [1.29, 1.82) is 10.5 Å². The van der Waals surface area contributed by atoms with Gasteiger partial charge in [0.2, 0.25) is 5.91 Å². The third-order valence-electron chi connectivity index (χ3n) is 5.06. The van der Waals surface area contributed by atoms with Crippen LogP contribution in [0.3, 0.4) is 0 Å². The molecule has 0 fully saturated rings. The summed E-state index contributed by atoms with van der Waals surface area (Å²) in [6.07, 6.45) is 0. The number of benzene rings is 2. The maximum atomic E-state index is 13.1. The van der Waals surface area contributed by atoms with Crippen LogP contribution < -0.4 is 5.32 Å². The zero-order chi connectivity index (χ0) is 22.0. The van der Waals surface area contributed by atoms with Gasteiger partial charge in [-0.15, -0.1) is 0 Å². The maximum Gasteiger partial charge on any atom is 0.272 e. The number of amides is 2. The Balaban J connectivity index is 1.62. The molecule has 4 rings (SSSR count). The van der Waals surface area contributed by atoms with Crippen LogP contribution >= 0.6 is 0 Å². The fourth-order valence-corrected chi connectivity index (χ4v) is 3.56. The van der Waals surface area contributed by atoms with Gasteiger partial charge in [0.05, 0.1) is 41.2 Å². The largest absolute Gasteiger partial charge is 0.331 e. The number of fused-ring (bicyclic) bond motifs is 1. The van der Waals surface area contributed by atoms with Crippen molar-refractivity contribution in [2.75, 3.05) is 11.9 Å². The summed E-state index contributed by atoms with van der Waals surface area (Å²) >= 11 is 0. The normalized spacial score (nSPS) is 12.6. The van der Waals surface area contributed by atoms with Gasteiger partial charge in [-0.1, -0.05) is 12.1 Å². The highest BCUT2D eigenvalue weighted by Gasteiger charge is 2.27. The number of carbonyl (C=O) groups excluding carboxylic acids is 2. The number of aromatic nitrogens is 2. The average molecular weight is 410 g/mol. The van der Waals surface area contributed by atoms with Gasteiger partial charge in [-0.3, -0.25) is 14.3 Å². The molecule has 2 aromatic carbocycles. The van der Waals surface area contributed by atoms with Gasteiger partial charge in [0, 0.05) is 25.6 Å². The molecule has 0 spiro atoms. The van der Waals surface area contributed by atoms with Gasteiger partial charge in [-0.25, -0.2) is 0 Å². The topological polar surface area (TPSA) is 115 Å². The number of hydrogen-bond donors (Lipinski definition) is 1. The lowest BCUT2D eigenvalue weighted by atomic mass is 10.1. The summed E-state index contributed by atoms with van der Waals surface area (Å²) in [5.74, 6) is -0.394. The van der Waals surface area contributed by atoms with E-state index in [0.29, 0.717) is 53.4 Å². The Morgan fingerprint density at radius 3 is 2.45 bits per heavy atom. The van der Waals surface area contributed by atoms with Crippen molar-refractivity contribution in [2.24, 2.45) is 0 Å². The molecule has 1 aliphatic heterocycles. The third-order valence-corrected chi connectivity index (χ3v) is 5.06. The van der Waals surface area contributed by atoms with E-state index in [1.54, 1.807) is 46.0 Å². The molecule has 8 nitrogen and oxygen atoms in total. The predicted octanol–water partition coefficient (Wildman–Crippen LogP) is 2.91. The predicted molar refractivity (Wildman–Crippen MR) is 113 cm³/mol. The summed E-state index contributed by atoms with van der Waals surface area (Å²) in [5.41, 5.74) is 4.08. The monoisotopic (exact) mass is 410 g/mol. The Hall–Kier alpha value is -4.43. The number of nitrogens with one attached hydrogen (secondary N) is 1. The Morgan fingerprint density at radius 2 is 1.77 bits per heavy atom. The minimum atomic E-state index is -0.259. The molecule has 0 saturated heterocycles. The average Bonchev–Trinajstić information content (AvgIpc) is 3.20. The Kier molecular flexibility index (Phi) is 5.21. The first kappa shape index (κ1) is 19.9. The molecular weight excluding hydrogens is 392 g/mol. The van der Waals surface area contributed by atoms with Crippen molar-refractivity contribution in [3.8, 4) is 23.4 Å². The van der Waals surface area contributed by atoms with Crippen LogP contribution in [0.4, 0.5) is 5.69 Å². The van der Waals surface area contributed by atoms with E-state index in [-0.39, 0.29) is 11.8 Å². The van der Waals surface area contributed by atoms with Crippen LogP contribution in [0.15, 0.2) is 48.5 Å². The molecule has 152 valence electrons. The van der Waals surface area contributed by atoms with Gasteiger partial charge in [0.25, 0.3) is 5.91 Å². The second-order valence-corrected chi connectivity index (χ2v) is 7.23. The quantitative estimate of drug-likeness (QED) is 0.710. The molecule has 0 saturated carbocycles. The van der Waals surface area contributed by atoms with Crippen LogP contribution in [-0.2, 0) is 17.9 Å². The summed E-state index contributed by atoms with van der Waals surface area (Å²) in [4.78, 5) is 26.4. The minimum absolute atomic E-state index is 0.135. The van der Waals surface area contributed by atoms with E-state index in [1.807, 2.05) is 12.1 Å². The highest BCUT2D eigenvalue weighted by Crippen LogP contribution is 2.30. The SMILES string of the molecule is CC(=O)Nc1cc(C#N)ccc1-c1cc2n(n1)CCN(Cc1ccc(C#N)cc1)C2=O. The van der Waals surface area contributed by atoms with Crippen LogP contribution in [0.2, 0.25) is 0 Å². The minimum Gasteiger partial charge on any atom is -0.331 e. The van der Waals surface area contributed by atoms with Gasteiger partial charge in [0.15, 0.2) is 0 Å². The zero-order valence-electron chi connectivity index (χ0n) is 16.8. The molecule has 2 amide bonds. The van der Waals surface area contributed by atoms with Crippen LogP contribution in [-0.4, -0.2) is 33.0 Å². The van der Waals surface area contributed by atoms with Gasteiger partial charge < -0.3 is 10.2 Å². The molecule has 0 radical (unpaired) electrons. The van der Waals surface area contributed by atoms with Crippen LogP contribution in [0.25, 0.3) is 11.3 Å². The summed E-state index contributed by atoms with van der Waals surface area (Å²) in [6.45, 7) is 2.90. The van der Waals surface area contributed by atoms with Crippen molar-refractivity contribution < 1.29 is 9.59 Å². The second kappa shape index (κ2) is 8.13. The fourth-order valence-electron chi connectivity index (χ4n) is 3.56. The first-order valence-electron chi connectivity index (χ1n) is 9.67. The van der Waals surface area contributed by atoms with E-state index in [4.69, 9.17) is 10.5 Å². The molecule has 8 heteroatoms. The summed E-state index contributed by atoms with van der Waals surface area (Å²) in [6, 6.07) is 18.0. The van der Waals surface area contributed by atoms with E-state index >= 15 is 0 Å². The lowest BCUT2D eigenvalue weighted by Gasteiger charge is -2.27. The van der Waals surface area contributed by atoms with Gasteiger partial charge >= 0.3 is 0 Å². The molecule has 0 atom stereocenters. The number of anilines is 1. The molecule has 2 heterocycles. The first-order chi connectivity index (χ1) is 15.0. The lowest BCUT2D eigenvalue weighted by molar-refractivity contribution is -0.114. The molecule has 3 aromatic rings. The van der Waals surface area contributed by atoms with Gasteiger partial charge in [-0.2, -0.15) is 15.6 Å². The lowest BCUT2D eigenvalue weighted by Crippen LogP contribution is -2.39. The molecule has 31 heavy (non-hydrogen) atoms. The Morgan fingerprint density at radius 1 is 1.06 bits per heavy atom. The van der Waals surface area contributed by atoms with Crippen molar-refractivity contribution in [1.82, 2.24) is 14.7 Å². The summed E-state index contributed by atoms with van der Waals surface area (Å²) < 4.78 is 1.67. The zero-order valence-corrected chi connectivity index (χ0v) is 16.8. The smallest absolute Gasteiger partial charge is 0.272 e. The van der Waals surface area contributed by atoms with Crippen LogP contribution in [0.5, 0.6) is 0 Å². The number of nitrogens with zero attached hydrogens (tertiary/aromatic N) is 5. The van der Waals surface area contributed by atoms with Crippen LogP contribution in [0.1, 0.15) is 34.1 Å². The molecule has 1 aromatic heterocycles. The highest BCUT2D eigenvalue weighted by molar-refractivity contribution is 5.97. The maximum absolute atomic E-state index is 13.1. The summed E-state index contributed by atoms with van der Waals surface area (Å²) in [7, 11) is 0. The number of nitriles is 2. The number of rotatable bonds is 4. The molecule has 0 unspecified atom stereocenters. The Bertz CT molecular complexity index is 1260. The van der Waals surface area contributed by atoms with Crippen molar-refractivity contribution in [2.45, 2.75) is 20.0 Å². The standard InChI is InChI=1S/C23H18N6O2/c1-15(30)26-20-10-18(13-25)6-7-19(20)21-11-22-23(31)28(8-9-29(22)27-21)14-17-4-2-16(12-24)3-5-17/h2-7,10-11H,8-9,14H2,1H3,(H,26,30). The van der Waals surface area contributed by atoms with Gasteiger partial charge in [0.1, 0.15) is 5.69 Å². The number of carbonyl (C=O) groups is 2. The molecular formula is C23H18N6O2.